The molecule has 7 N–H and O–H groups in total. The Morgan fingerprint density at radius 1 is 0.619 bits per heavy atom. The quantitative estimate of drug-likeness (QED) is 0.0242. The van der Waals surface area contributed by atoms with Gasteiger partial charge in [-0.1, -0.05) is 79.0 Å². The lowest BCUT2D eigenvalue weighted by Gasteiger charge is -2.17. The van der Waals surface area contributed by atoms with Crippen molar-refractivity contribution in [1.29, 1.82) is 0 Å². The summed E-state index contributed by atoms with van der Waals surface area (Å²) in [4.78, 5) is 44.6. The number of halogens is 1. The highest BCUT2D eigenvalue weighted by Crippen LogP contribution is 2.38. The van der Waals surface area contributed by atoms with Crippen LogP contribution in [-0.2, 0) is 43.8 Å². The standard InChI is InChI=1S/C21H26N2O7S.C17H20N2O5S.C4H7BrO2/c1-3-5-11-23-17-12-15(21(25)29-14-19(24)28-4-2)13-18(31(22,26)27)20(17)30-16-9-7-6-8-10-16;1-2-3-9-19-14-10-12(17(20)21)11-15(25(18,22)23)16(14)24-13-7-5-4-6-8-13;1-2-7-4(6)3-5/h6-10,12-13,23H,3-5,11,14H2,1-2H3,(H2,22,26,27);4-8,10-11,19H,2-3,9H2,1H3,(H,20,21)(H2,18,22,23);2-3H2,1H3. The van der Waals surface area contributed by atoms with Crippen molar-refractivity contribution in [3.8, 4) is 23.0 Å². The number of anilines is 2. The first kappa shape index (κ1) is 53.4. The van der Waals surface area contributed by atoms with Gasteiger partial charge in [-0.3, -0.25) is 4.79 Å². The van der Waals surface area contributed by atoms with E-state index < -0.39 is 44.6 Å². The Balaban J connectivity index is 0.000000382. The number of carbonyl (C=O) groups is 4. The highest BCUT2D eigenvalue weighted by Gasteiger charge is 2.26. The zero-order valence-corrected chi connectivity index (χ0v) is 38.5. The highest BCUT2D eigenvalue weighted by molar-refractivity contribution is 9.09. The molecule has 21 heteroatoms. The molecule has 4 rings (SSSR count). The van der Waals surface area contributed by atoms with Gasteiger partial charge in [0, 0.05) is 13.1 Å². The first-order valence-electron chi connectivity index (χ1n) is 19.5. The zero-order chi connectivity index (χ0) is 47.0. The number of carboxylic acid groups (broad SMARTS) is 1. The summed E-state index contributed by atoms with van der Waals surface area (Å²) in [6.45, 7) is 8.46. The van der Waals surface area contributed by atoms with Crippen LogP contribution >= 0.6 is 15.9 Å². The van der Waals surface area contributed by atoms with Crippen LogP contribution < -0.4 is 30.4 Å². The van der Waals surface area contributed by atoms with Crippen molar-refractivity contribution >= 4 is 71.2 Å². The number of rotatable bonds is 21. The van der Waals surface area contributed by atoms with Gasteiger partial charge >= 0.3 is 23.9 Å². The van der Waals surface area contributed by atoms with Gasteiger partial charge in [0.2, 0.25) is 20.0 Å². The highest BCUT2D eigenvalue weighted by atomic mass is 79.9. The van der Waals surface area contributed by atoms with E-state index in [1.807, 2.05) is 13.8 Å². The lowest BCUT2D eigenvalue weighted by molar-refractivity contribution is -0.146. The minimum absolute atomic E-state index is 0.0187. The van der Waals surface area contributed by atoms with Gasteiger partial charge in [0.05, 0.1) is 35.7 Å². The first-order chi connectivity index (χ1) is 29.9. The molecule has 0 aliphatic carbocycles. The van der Waals surface area contributed by atoms with Gasteiger partial charge in [-0.05, 0) is 75.2 Å². The van der Waals surface area contributed by atoms with E-state index in [9.17, 15) is 41.1 Å². The SMILES string of the molecule is CCCCNc1cc(C(=O)O)cc(S(N)(=O)=O)c1Oc1ccccc1.CCCCNc1cc(C(=O)OCC(=O)OCC)cc(S(N)(=O)=O)c1Oc1ccccc1.CCOC(=O)CBr. The molecule has 0 saturated carbocycles. The van der Waals surface area contributed by atoms with Crippen LogP contribution in [-0.4, -0.2) is 84.1 Å². The number of nitrogens with one attached hydrogen (secondary N) is 2. The summed E-state index contributed by atoms with van der Waals surface area (Å²) in [6.07, 6.45) is 3.44. The van der Waals surface area contributed by atoms with Gasteiger partial charge in [-0.2, -0.15) is 0 Å². The Hall–Kier alpha value is -5.74. The smallest absolute Gasteiger partial charge is 0.344 e. The third kappa shape index (κ3) is 19.0. The number of hydrogen-bond acceptors (Lipinski definition) is 15. The maximum absolute atomic E-state index is 12.5. The van der Waals surface area contributed by atoms with Gasteiger partial charge in [0.15, 0.2) is 18.1 Å². The van der Waals surface area contributed by atoms with Crippen molar-refractivity contribution in [1.82, 2.24) is 0 Å². The second kappa shape index (κ2) is 27.3. The molecule has 0 radical (unpaired) electrons. The second-order valence-electron chi connectivity index (χ2n) is 12.8. The summed E-state index contributed by atoms with van der Waals surface area (Å²) in [6, 6.07) is 22.0. The van der Waals surface area contributed by atoms with Crippen LogP contribution in [0.5, 0.6) is 23.0 Å². The molecule has 0 aromatic heterocycles. The zero-order valence-electron chi connectivity index (χ0n) is 35.3. The number of aromatic carboxylic acids is 1. The summed E-state index contributed by atoms with van der Waals surface area (Å²) in [5.74, 6) is -2.33. The minimum Gasteiger partial charge on any atom is -0.478 e. The van der Waals surface area contributed by atoms with Gasteiger partial charge in [-0.15, -0.1) is 0 Å². The number of benzene rings is 4. The maximum atomic E-state index is 12.5. The van der Waals surface area contributed by atoms with E-state index in [2.05, 4.69) is 31.3 Å². The fourth-order valence-corrected chi connectivity index (χ4v) is 6.53. The molecule has 0 aliphatic rings. The molecule has 0 saturated heterocycles. The molecule has 4 aromatic rings. The Bertz CT molecular complexity index is 2340. The van der Waals surface area contributed by atoms with Crippen LogP contribution in [0.2, 0.25) is 0 Å². The van der Waals surface area contributed by atoms with E-state index in [0.717, 1.165) is 37.8 Å². The molecule has 18 nitrogen and oxygen atoms in total. The number of hydrogen-bond donors (Lipinski definition) is 5. The Labute approximate surface area is 375 Å². The molecular weight excluding hydrogens is 929 g/mol. The lowest BCUT2D eigenvalue weighted by atomic mass is 10.1. The van der Waals surface area contributed by atoms with Crippen LogP contribution in [0.3, 0.4) is 0 Å². The number of para-hydroxylation sites is 2. The number of esters is 3. The van der Waals surface area contributed by atoms with Crippen LogP contribution in [0.25, 0.3) is 0 Å². The van der Waals surface area contributed by atoms with Gasteiger partial charge in [0.1, 0.15) is 26.6 Å². The summed E-state index contributed by atoms with van der Waals surface area (Å²) in [5.41, 5.74) is 0.226. The molecule has 0 spiro atoms. The van der Waals surface area contributed by atoms with Crippen molar-refractivity contribution in [2.75, 3.05) is 48.9 Å². The van der Waals surface area contributed by atoms with Crippen LogP contribution in [0, 0.1) is 0 Å². The summed E-state index contributed by atoms with van der Waals surface area (Å²) in [7, 11) is -8.46. The number of primary sulfonamides is 2. The third-order valence-electron chi connectivity index (χ3n) is 7.86. The van der Waals surface area contributed by atoms with Gasteiger partial charge in [-0.25, -0.2) is 41.5 Å². The van der Waals surface area contributed by atoms with Crippen LogP contribution in [0.1, 0.15) is 74.1 Å². The molecule has 0 aliphatic heterocycles. The van der Waals surface area contributed by atoms with Gasteiger partial charge in [0.25, 0.3) is 0 Å². The van der Waals surface area contributed by atoms with E-state index in [4.69, 9.17) is 29.2 Å². The molecule has 0 unspecified atom stereocenters. The Morgan fingerprint density at radius 3 is 1.40 bits per heavy atom. The fraction of sp³-hybridized carbons (Fsp3) is 0.333. The van der Waals surface area contributed by atoms with E-state index in [-0.39, 0.29) is 56.4 Å². The van der Waals surface area contributed by atoms with Crippen molar-refractivity contribution in [3.05, 3.63) is 96.1 Å². The normalized spacial score (nSPS) is 10.7. The average molecular weight is 982 g/mol. The number of alkyl halides is 1. The molecule has 0 heterocycles. The van der Waals surface area contributed by atoms with E-state index in [1.54, 1.807) is 74.5 Å². The summed E-state index contributed by atoms with van der Waals surface area (Å²) in [5, 5.41) is 26.3. The van der Waals surface area contributed by atoms with Crippen LogP contribution in [0.15, 0.2) is 94.7 Å². The van der Waals surface area contributed by atoms with E-state index in [0.29, 0.717) is 36.5 Å². The predicted octanol–water partition coefficient (Wildman–Crippen LogP) is 7.04. The molecular formula is C42H53BrN4O14S2. The van der Waals surface area contributed by atoms with E-state index >= 15 is 0 Å². The number of sulfonamides is 2. The van der Waals surface area contributed by atoms with Crippen molar-refractivity contribution in [2.24, 2.45) is 10.3 Å². The largest absolute Gasteiger partial charge is 0.478 e. The van der Waals surface area contributed by atoms with Crippen molar-refractivity contribution in [3.63, 3.8) is 0 Å². The molecule has 4 aromatic carbocycles. The fourth-order valence-electron chi connectivity index (χ4n) is 4.96. The number of unbranched alkanes of at least 4 members (excludes halogenated alkanes) is 2. The minimum atomic E-state index is -4.27. The molecule has 0 fully saturated rings. The third-order valence-corrected chi connectivity index (χ3v) is 10.2. The molecule has 0 bridgehead atoms. The molecule has 0 atom stereocenters. The lowest BCUT2D eigenvalue weighted by Crippen LogP contribution is -2.19. The number of ether oxygens (including phenoxy) is 5. The van der Waals surface area contributed by atoms with Crippen molar-refractivity contribution in [2.45, 2.75) is 63.2 Å². The summed E-state index contributed by atoms with van der Waals surface area (Å²) < 4.78 is 74.2. The maximum Gasteiger partial charge on any atom is 0.344 e. The van der Waals surface area contributed by atoms with Crippen molar-refractivity contribution < 1.29 is 64.8 Å². The Kier molecular flexibility index (Phi) is 23.2. The number of nitrogens with two attached hydrogens (primary N) is 2. The Morgan fingerprint density at radius 2 is 1.03 bits per heavy atom. The van der Waals surface area contributed by atoms with E-state index in [1.165, 1.54) is 12.1 Å². The number of carbonyl (C=O) groups excluding carboxylic acids is 3. The first-order valence-corrected chi connectivity index (χ1v) is 23.7. The topological polar surface area (TPSA) is 279 Å². The molecule has 0 amide bonds. The van der Waals surface area contributed by atoms with Gasteiger partial charge < -0.3 is 39.4 Å². The predicted molar refractivity (Wildman–Crippen MR) is 240 cm³/mol. The molecule has 344 valence electrons. The number of carboxylic acids is 1. The summed E-state index contributed by atoms with van der Waals surface area (Å²) >= 11 is 2.94. The molecule has 63 heavy (non-hydrogen) atoms. The van der Waals surface area contributed by atoms with Crippen LogP contribution in [0.4, 0.5) is 11.4 Å². The second-order valence-corrected chi connectivity index (χ2v) is 16.4. The average Bonchev–Trinajstić information content (AvgIpc) is 3.24. The monoisotopic (exact) mass is 980 g/mol.